The van der Waals surface area contributed by atoms with Crippen LogP contribution in [0.15, 0.2) is 24.4 Å². The maximum Gasteiger partial charge on any atom is 0.240 e. The minimum atomic E-state index is -0.562. The largest absolute Gasteiger partial charge is 0.380 e. The van der Waals surface area contributed by atoms with Gasteiger partial charge in [0.1, 0.15) is 6.04 Å². The van der Waals surface area contributed by atoms with Gasteiger partial charge in [-0.3, -0.25) is 9.59 Å². The third-order valence-corrected chi connectivity index (χ3v) is 4.86. The Balaban J connectivity index is 1.70. The Hall–Kier alpha value is -2.34. The minimum Gasteiger partial charge on any atom is -0.380 e. The quantitative estimate of drug-likeness (QED) is 0.871. The molecule has 0 aliphatic carbocycles. The van der Waals surface area contributed by atoms with Gasteiger partial charge in [-0.15, -0.1) is 0 Å². The van der Waals surface area contributed by atoms with Gasteiger partial charge in [-0.25, -0.2) is 0 Å². The summed E-state index contributed by atoms with van der Waals surface area (Å²) in [4.78, 5) is 29.0. The zero-order valence-electron chi connectivity index (χ0n) is 14.0. The van der Waals surface area contributed by atoms with Crippen LogP contribution in [0, 0.1) is 6.92 Å². The van der Waals surface area contributed by atoms with E-state index in [4.69, 9.17) is 10.5 Å². The average molecular weight is 329 g/mol. The number of carbonyl (C=O) groups is 2. The van der Waals surface area contributed by atoms with Crippen LogP contribution < -0.4 is 5.73 Å². The minimum absolute atomic E-state index is 0.0552. The van der Waals surface area contributed by atoms with Gasteiger partial charge in [-0.05, 0) is 24.5 Å². The molecule has 128 valence electrons. The molecule has 6 heteroatoms. The molecule has 6 nitrogen and oxygen atoms in total. The number of aryl methyl sites for hydroxylation is 2. The molecule has 2 atom stereocenters. The summed E-state index contributed by atoms with van der Waals surface area (Å²) in [5, 5.41) is 1.14. The van der Waals surface area contributed by atoms with Crippen molar-refractivity contribution in [3.05, 3.63) is 35.5 Å². The van der Waals surface area contributed by atoms with Crippen molar-refractivity contribution in [2.75, 3.05) is 13.7 Å². The number of hydrogen-bond donors (Lipinski definition) is 2. The van der Waals surface area contributed by atoms with E-state index < -0.39 is 11.9 Å². The number of amides is 2. The Bertz CT molecular complexity index is 768. The number of rotatable bonds is 5. The molecule has 3 rings (SSSR count). The van der Waals surface area contributed by atoms with Crippen molar-refractivity contribution in [1.29, 1.82) is 0 Å². The predicted octanol–water partition coefficient (Wildman–Crippen LogP) is 1.51. The number of nitrogens with two attached hydrogens (primary N) is 1. The van der Waals surface area contributed by atoms with Crippen LogP contribution in [0.5, 0.6) is 0 Å². The highest BCUT2D eigenvalue weighted by Crippen LogP contribution is 2.24. The van der Waals surface area contributed by atoms with E-state index in [-0.39, 0.29) is 12.0 Å². The molecule has 0 saturated carbocycles. The fourth-order valence-corrected chi connectivity index (χ4v) is 3.47. The lowest BCUT2D eigenvalue weighted by atomic mass is 10.1. The van der Waals surface area contributed by atoms with Crippen molar-refractivity contribution < 1.29 is 14.3 Å². The number of hydrogen-bond acceptors (Lipinski definition) is 3. The van der Waals surface area contributed by atoms with Crippen molar-refractivity contribution in [2.24, 2.45) is 5.73 Å². The molecule has 1 aromatic carbocycles. The number of nitrogens with zero attached hydrogens (tertiary/aromatic N) is 1. The number of primary amides is 1. The van der Waals surface area contributed by atoms with Crippen molar-refractivity contribution in [3.8, 4) is 0 Å². The number of para-hydroxylation sites is 1. The second-order valence-corrected chi connectivity index (χ2v) is 6.37. The molecule has 0 spiro atoms. The Labute approximate surface area is 141 Å². The first-order valence-corrected chi connectivity index (χ1v) is 8.18. The molecule has 3 N–H and O–H groups in total. The normalized spacial score (nSPS) is 20.7. The molecule has 0 radical (unpaired) electrons. The lowest BCUT2D eigenvalue weighted by Crippen LogP contribution is -2.43. The van der Waals surface area contributed by atoms with E-state index in [1.807, 2.05) is 12.3 Å². The van der Waals surface area contributed by atoms with Gasteiger partial charge in [0.05, 0.1) is 6.10 Å². The van der Waals surface area contributed by atoms with E-state index in [9.17, 15) is 9.59 Å². The van der Waals surface area contributed by atoms with Gasteiger partial charge in [0.15, 0.2) is 0 Å². The van der Waals surface area contributed by atoms with Crippen molar-refractivity contribution in [3.63, 3.8) is 0 Å². The predicted molar refractivity (Wildman–Crippen MR) is 91.5 cm³/mol. The number of likely N-dealkylation sites (tertiary alicyclic amines) is 1. The van der Waals surface area contributed by atoms with Crippen LogP contribution in [0.1, 0.15) is 24.0 Å². The highest BCUT2D eigenvalue weighted by Gasteiger charge is 2.38. The standard InChI is InChI=1S/C18H23N3O3/c1-11-4-3-5-14-12(9-20-17(11)14)6-7-16(22)21-10-13(24-2)8-15(21)18(19)23/h3-5,9,13,15,20H,6-8,10H2,1-2H3,(H2,19,23)/t13-,15-/m0/s1. The molecule has 1 aliphatic heterocycles. The fraction of sp³-hybridized carbons (Fsp3) is 0.444. The number of aromatic nitrogens is 1. The highest BCUT2D eigenvalue weighted by atomic mass is 16.5. The van der Waals surface area contributed by atoms with Gasteiger partial charge in [-0.1, -0.05) is 18.2 Å². The van der Waals surface area contributed by atoms with Crippen molar-refractivity contribution in [2.45, 2.75) is 38.3 Å². The van der Waals surface area contributed by atoms with Crippen LogP contribution in [0.2, 0.25) is 0 Å². The van der Waals surface area contributed by atoms with E-state index in [0.29, 0.717) is 25.8 Å². The van der Waals surface area contributed by atoms with E-state index in [0.717, 1.165) is 16.5 Å². The molecular formula is C18H23N3O3. The Kier molecular flexibility index (Phi) is 4.57. The first-order chi connectivity index (χ1) is 11.5. The third-order valence-electron chi connectivity index (χ3n) is 4.86. The molecule has 2 aromatic rings. The Morgan fingerprint density at radius 1 is 1.42 bits per heavy atom. The van der Waals surface area contributed by atoms with E-state index in [2.05, 4.69) is 24.0 Å². The molecule has 24 heavy (non-hydrogen) atoms. The topological polar surface area (TPSA) is 88.4 Å². The Morgan fingerprint density at radius 2 is 2.21 bits per heavy atom. The summed E-state index contributed by atoms with van der Waals surface area (Å²) in [6.45, 7) is 2.48. The highest BCUT2D eigenvalue weighted by molar-refractivity contribution is 5.89. The number of ether oxygens (including phenoxy) is 1. The summed E-state index contributed by atoms with van der Waals surface area (Å²) in [6, 6.07) is 5.57. The number of fused-ring (bicyclic) bond motifs is 1. The van der Waals surface area contributed by atoms with E-state index in [1.165, 1.54) is 5.56 Å². The number of H-pyrrole nitrogens is 1. The second-order valence-electron chi connectivity index (χ2n) is 6.37. The first-order valence-electron chi connectivity index (χ1n) is 8.18. The van der Waals surface area contributed by atoms with Crippen molar-refractivity contribution >= 4 is 22.7 Å². The van der Waals surface area contributed by atoms with Gasteiger partial charge >= 0.3 is 0 Å². The van der Waals surface area contributed by atoms with Gasteiger partial charge in [0.2, 0.25) is 11.8 Å². The number of methoxy groups -OCH3 is 1. The number of nitrogens with one attached hydrogen (secondary N) is 1. The number of carbonyl (C=O) groups excluding carboxylic acids is 2. The molecule has 1 aliphatic rings. The van der Waals surface area contributed by atoms with Crippen LogP contribution in [0.3, 0.4) is 0 Å². The maximum absolute atomic E-state index is 12.6. The second kappa shape index (κ2) is 6.65. The smallest absolute Gasteiger partial charge is 0.240 e. The number of aromatic amines is 1. The molecule has 1 fully saturated rings. The SMILES string of the molecule is CO[C@H]1C[C@@H](C(N)=O)N(C(=O)CCc2c[nH]c3c(C)cccc23)C1. The van der Waals surface area contributed by atoms with Gasteiger partial charge in [-0.2, -0.15) is 0 Å². The molecule has 0 bridgehead atoms. The summed E-state index contributed by atoms with van der Waals surface area (Å²) in [7, 11) is 1.59. The van der Waals surface area contributed by atoms with Gasteiger partial charge < -0.3 is 20.4 Å². The first kappa shape index (κ1) is 16.5. The lowest BCUT2D eigenvalue weighted by molar-refractivity contribution is -0.137. The van der Waals surface area contributed by atoms with Crippen LogP contribution in [-0.2, 0) is 20.7 Å². The molecular weight excluding hydrogens is 306 g/mol. The summed E-state index contributed by atoms with van der Waals surface area (Å²) < 4.78 is 5.29. The van der Waals surface area contributed by atoms with E-state index >= 15 is 0 Å². The average Bonchev–Trinajstić information content (AvgIpc) is 3.17. The van der Waals surface area contributed by atoms with Crippen LogP contribution in [-0.4, -0.2) is 47.5 Å². The summed E-state index contributed by atoms with van der Waals surface area (Å²) in [5.41, 5.74) is 8.83. The summed E-state index contributed by atoms with van der Waals surface area (Å²) in [6.07, 6.45) is 3.29. The summed E-state index contributed by atoms with van der Waals surface area (Å²) >= 11 is 0. The molecule has 1 saturated heterocycles. The van der Waals surface area contributed by atoms with Crippen LogP contribution in [0.25, 0.3) is 10.9 Å². The number of benzene rings is 1. The van der Waals surface area contributed by atoms with Crippen LogP contribution >= 0.6 is 0 Å². The molecule has 2 amide bonds. The Morgan fingerprint density at radius 3 is 2.92 bits per heavy atom. The summed E-state index contributed by atoms with van der Waals surface area (Å²) in [5.74, 6) is -0.522. The molecule has 0 unspecified atom stereocenters. The van der Waals surface area contributed by atoms with E-state index in [1.54, 1.807) is 12.0 Å². The van der Waals surface area contributed by atoms with Crippen molar-refractivity contribution in [1.82, 2.24) is 9.88 Å². The monoisotopic (exact) mass is 329 g/mol. The molecule has 1 aromatic heterocycles. The van der Waals surface area contributed by atoms with Gasteiger partial charge in [0.25, 0.3) is 0 Å². The van der Waals surface area contributed by atoms with Crippen LogP contribution in [0.4, 0.5) is 0 Å². The van der Waals surface area contributed by atoms with Gasteiger partial charge in [0, 0.05) is 43.6 Å². The molecule has 2 heterocycles. The lowest BCUT2D eigenvalue weighted by Gasteiger charge is -2.21. The maximum atomic E-state index is 12.6. The fourth-order valence-electron chi connectivity index (χ4n) is 3.47. The third kappa shape index (κ3) is 3.01. The zero-order valence-corrected chi connectivity index (χ0v) is 14.0. The zero-order chi connectivity index (χ0) is 17.3.